The summed E-state index contributed by atoms with van der Waals surface area (Å²) in [7, 11) is 1.71. The molecule has 0 aliphatic rings. The lowest BCUT2D eigenvalue weighted by molar-refractivity contribution is -0.139. The van der Waals surface area contributed by atoms with Crippen LogP contribution in [0.25, 0.3) is 0 Å². The zero-order valence-corrected chi connectivity index (χ0v) is 14.1. The van der Waals surface area contributed by atoms with Crippen molar-refractivity contribution in [1.29, 1.82) is 0 Å². The van der Waals surface area contributed by atoms with Crippen LogP contribution in [0, 0.1) is 0 Å². The van der Waals surface area contributed by atoms with Gasteiger partial charge >= 0.3 is 5.97 Å². The smallest absolute Gasteiger partial charge is 0.341 e. The largest absolute Gasteiger partial charge is 0.482 e. The highest BCUT2D eigenvalue weighted by molar-refractivity contribution is 7.16. The Morgan fingerprint density at radius 2 is 1.91 bits per heavy atom. The Labute approximate surface area is 143 Å². The van der Waals surface area contributed by atoms with Gasteiger partial charge in [-0.2, -0.15) is 0 Å². The highest BCUT2D eigenvalue weighted by atomic mass is 35.5. The molecule has 2 rings (SSSR count). The van der Waals surface area contributed by atoms with Crippen LogP contribution in [0.2, 0.25) is 4.34 Å². The van der Waals surface area contributed by atoms with E-state index in [0.717, 1.165) is 14.9 Å². The molecule has 1 heterocycles. The van der Waals surface area contributed by atoms with Gasteiger partial charge in [-0.25, -0.2) is 4.79 Å². The quantitative estimate of drug-likeness (QED) is 0.827. The molecule has 0 saturated heterocycles. The van der Waals surface area contributed by atoms with Gasteiger partial charge in [0, 0.05) is 24.0 Å². The van der Waals surface area contributed by atoms with Crippen molar-refractivity contribution in [1.82, 2.24) is 0 Å². The molecule has 0 aliphatic carbocycles. The predicted molar refractivity (Wildman–Crippen MR) is 90.6 cm³/mol. The summed E-state index contributed by atoms with van der Waals surface area (Å²) in [6.45, 7) is -0.391. The van der Waals surface area contributed by atoms with Crippen LogP contribution in [0.1, 0.15) is 11.3 Å². The Morgan fingerprint density at radius 3 is 2.48 bits per heavy atom. The van der Waals surface area contributed by atoms with Gasteiger partial charge in [-0.15, -0.1) is 11.3 Å². The molecule has 0 aliphatic heterocycles. The van der Waals surface area contributed by atoms with Gasteiger partial charge in [0.1, 0.15) is 5.75 Å². The van der Waals surface area contributed by atoms with Gasteiger partial charge in [-0.1, -0.05) is 11.6 Å². The molecule has 1 amide bonds. The number of carboxylic acids is 1. The van der Waals surface area contributed by atoms with Gasteiger partial charge in [0.2, 0.25) is 5.91 Å². The monoisotopic (exact) mass is 353 g/mol. The van der Waals surface area contributed by atoms with Gasteiger partial charge in [0.25, 0.3) is 0 Å². The Balaban J connectivity index is 1.89. The Morgan fingerprint density at radius 1 is 1.22 bits per heavy atom. The molecule has 0 spiro atoms. The molecule has 1 N–H and O–H groups in total. The molecule has 1 aromatic carbocycles. The zero-order chi connectivity index (χ0) is 16.8. The maximum atomic E-state index is 12.2. The van der Waals surface area contributed by atoms with E-state index in [-0.39, 0.29) is 5.91 Å². The number of hydrogen-bond acceptors (Lipinski definition) is 4. The summed E-state index contributed by atoms with van der Waals surface area (Å²) < 4.78 is 5.78. The normalized spacial score (nSPS) is 10.3. The zero-order valence-electron chi connectivity index (χ0n) is 12.5. The van der Waals surface area contributed by atoms with E-state index < -0.39 is 12.6 Å². The van der Waals surface area contributed by atoms with Gasteiger partial charge in [0.05, 0.1) is 4.34 Å². The number of thiophene rings is 1. The first-order chi connectivity index (χ1) is 11.0. The molecule has 122 valence electrons. The molecule has 2 aromatic rings. The Kier molecular flexibility index (Phi) is 6.01. The number of aliphatic carboxylic acids is 1. The highest BCUT2D eigenvalue weighted by Gasteiger charge is 2.12. The van der Waals surface area contributed by atoms with Crippen molar-refractivity contribution < 1.29 is 19.4 Å². The summed E-state index contributed by atoms with van der Waals surface area (Å²) in [5, 5.41) is 8.56. The summed E-state index contributed by atoms with van der Waals surface area (Å²) in [5.41, 5.74) is 0.724. The van der Waals surface area contributed by atoms with Crippen molar-refractivity contribution in [2.75, 3.05) is 18.6 Å². The molecule has 0 saturated carbocycles. The molecular weight excluding hydrogens is 338 g/mol. The summed E-state index contributed by atoms with van der Waals surface area (Å²) in [6.07, 6.45) is 1.05. The summed E-state index contributed by atoms with van der Waals surface area (Å²) in [4.78, 5) is 25.3. The van der Waals surface area contributed by atoms with Crippen LogP contribution in [0.5, 0.6) is 5.75 Å². The number of carbonyl (C=O) groups is 2. The fourth-order valence-electron chi connectivity index (χ4n) is 1.94. The number of anilines is 1. The van der Waals surface area contributed by atoms with Crippen molar-refractivity contribution in [3.05, 3.63) is 45.6 Å². The van der Waals surface area contributed by atoms with Crippen molar-refractivity contribution in [2.45, 2.75) is 12.8 Å². The van der Waals surface area contributed by atoms with Gasteiger partial charge in [-0.05, 0) is 42.8 Å². The maximum absolute atomic E-state index is 12.2. The minimum atomic E-state index is -1.03. The number of halogens is 1. The summed E-state index contributed by atoms with van der Waals surface area (Å²) >= 11 is 7.35. The molecule has 0 atom stereocenters. The van der Waals surface area contributed by atoms with E-state index in [1.165, 1.54) is 11.3 Å². The molecule has 0 bridgehead atoms. The average Bonchev–Trinajstić information content (AvgIpc) is 2.96. The minimum Gasteiger partial charge on any atom is -0.482 e. The van der Waals surface area contributed by atoms with E-state index in [1.54, 1.807) is 36.2 Å². The number of hydrogen-bond donors (Lipinski definition) is 1. The second kappa shape index (κ2) is 7.99. The molecular formula is C16H16ClNO4S. The first-order valence-corrected chi connectivity index (χ1v) is 8.10. The first kappa shape index (κ1) is 17.3. The van der Waals surface area contributed by atoms with Gasteiger partial charge < -0.3 is 14.7 Å². The van der Waals surface area contributed by atoms with Crippen LogP contribution < -0.4 is 9.64 Å². The lowest BCUT2D eigenvalue weighted by atomic mass is 10.2. The van der Waals surface area contributed by atoms with Crippen molar-refractivity contribution in [3.8, 4) is 5.75 Å². The van der Waals surface area contributed by atoms with Crippen molar-refractivity contribution in [2.24, 2.45) is 0 Å². The van der Waals surface area contributed by atoms with E-state index in [0.29, 0.717) is 18.6 Å². The number of rotatable bonds is 7. The molecule has 1 aromatic heterocycles. The predicted octanol–water partition coefficient (Wildman–Crippen LogP) is 3.46. The molecule has 7 heteroatoms. The van der Waals surface area contributed by atoms with E-state index in [9.17, 15) is 9.59 Å². The van der Waals surface area contributed by atoms with E-state index in [4.69, 9.17) is 21.4 Å². The number of carboxylic acid groups (broad SMARTS) is 1. The third kappa shape index (κ3) is 5.26. The van der Waals surface area contributed by atoms with Gasteiger partial charge in [-0.3, -0.25) is 4.79 Å². The highest BCUT2D eigenvalue weighted by Crippen LogP contribution is 2.23. The van der Waals surface area contributed by atoms with Gasteiger partial charge in [0.15, 0.2) is 6.61 Å². The van der Waals surface area contributed by atoms with Crippen molar-refractivity contribution in [3.63, 3.8) is 0 Å². The number of nitrogens with zero attached hydrogens (tertiary/aromatic N) is 1. The van der Waals surface area contributed by atoms with Crippen LogP contribution in [0.3, 0.4) is 0 Å². The third-order valence-electron chi connectivity index (χ3n) is 3.17. The van der Waals surface area contributed by atoms with Crippen molar-refractivity contribution >= 4 is 40.5 Å². The average molecular weight is 354 g/mol. The number of carbonyl (C=O) groups excluding carboxylic acids is 1. The number of aryl methyl sites for hydroxylation is 1. The van der Waals surface area contributed by atoms with Crippen LogP contribution >= 0.6 is 22.9 Å². The molecule has 0 radical (unpaired) electrons. The minimum absolute atomic E-state index is 0.00581. The summed E-state index contributed by atoms with van der Waals surface area (Å²) in [6, 6.07) is 10.5. The fraction of sp³-hybridized carbons (Fsp3) is 0.250. The van der Waals surface area contributed by atoms with Crippen LogP contribution in [-0.4, -0.2) is 30.6 Å². The third-order valence-corrected chi connectivity index (χ3v) is 4.47. The number of benzene rings is 1. The fourth-order valence-corrected chi connectivity index (χ4v) is 3.03. The lowest BCUT2D eigenvalue weighted by Crippen LogP contribution is -2.26. The Hall–Kier alpha value is -2.05. The first-order valence-electron chi connectivity index (χ1n) is 6.91. The molecule has 23 heavy (non-hydrogen) atoms. The van der Waals surface area contributed by atoms with E-state index in [2.05, 4.69) is 0 Å². The van der Waals surface area contributed by atoms with E-state index >= 15 is 0 Å². The van der Waals surface area contributed by atoms with E-state index in [1.807, 2.05) is 12.1 Å². The Bertz CT molecular complexity index is 684. The standard InChI is InChI=1S/C16H16ClNO4S/c1-18(15(19)9-7-13-6-8-14(17)23-13)11-2-4-12(5-3-11)22-10-16(20)21/h2-6,8H,7,9-10H2,1H3,(H,20,21). The van der Waals surface area contributed by atoms with Crippen LogP contribution in [0.15, 0.2) is 36.4 Å². The second-order valence-corrected chi connectivity index (χ2v) is 6.63. The number of amides is 1. The SMILES string of the molecule is CN(C(=O)CCc1ccc(Cl)s1)c1ccc(OCC(=O)O)cc1. The van der Waals surface area contributed by atoms with Crippen LogP contribution in [0.4, 0.5) is 5.69 Å². The molecule has 0 fully saturated rings. The lowest BCUT2D eigenvalue weighted by Gasteiger charge is -2.17. The molecule has 5 nitrogen and oxygen atoms in total. The maximum Gasteiger partial charge on any atom is 0.341 e. The number of ether oxygens (including phenoxy) is 1. The topological polar surface area (TPSA) is 66.8 Å². The molecule has 0 unspecified atom stereocenters. The summed E-state index contributed by atoms with van der Waals surface area (Å²) in [5.74, 6) is -0.589. The second-order valence-electron chi connectivity index (χ2n) is 4.83. The van der Waals surface area contributed by atoms with Crippen LogP contribution in [-0.2, 0) is 16.0 Å².